The van der Waals surface area contributed by atoms with Crippen molar-refractivity contribution in [1.82, 2.24) is 4.90 Å². The van der Waals surface area contributed by atoms with E-state index in [1.165, 1.54) is 6.07 Å². The normalized spacial score (nSPS) is 22.5. The second kappa shape index (κ2) is 6.52. The lowest BCUT2D eigenvalue weighted by atomic mass is 9.67. The molecule has 0 spiro atoms. The van der Waals surface area contributed by atoms with Gasteiger partial charge in [0.25, 0.3) is 0 Å². The summed E-state index contributed by atoms with van der Waals surface area (Å²) in [6, 6.07) is 3.29. The van der Waals surface area contributed by atoms with E-state index in [9.17, 15) is 13.6 Å². The van der Waals surface area contributed by atoms with Crippen molar-refractivity contribution in [3.05, 3.63) is 35.4 Å². The molecule has 0 radical (unpaired) electrons. The van der Waals surface area contributed by atoms with Crippen molar-refractivity contribution in [2.45, 2.75) is 32.7 Å². The molecular formula is C16H22F2N2O. The molecule has 0 bridgehead atoms. The minimum absolute atomic E-state index is 0.00274. The van der Waals surface area contributed by atoms with E-state index in [1.807, 2.05) is 13.8 Å². The molecule has 2 N–H and O–H groups in total. The Morgan fingerprint density at radius 2 is 1.95 bits per heavy atom. The molecule has 1 fully saturated rings. The molecule has 1 saturated carbocycles. The first-order valence-electron chi connectivity index (χ1n) is 7.48. The number of hydrogen-bond acceptors (Lipinski definition) is 2. The molecule has 0 aromatic heterocycles. The monoisotopic (exact) mass is 296 g/mol. The average molecular weight is 296 g/mol. The van der Waals surface area contributed by atoms with Crippen molar-refractivity contribution in [2.24, 2.45) is 17.6 Å². The Hall–Kier alpha value is -1.49. The van der Waals surface area contributed by atoms with E-state index in [1.54, 1.807) is 4.90 Å². The Morgan fingerprint density at radius 3 is 2.43 bits per heavy atom. The van der Waals surface area contributed by atoms with E-state index in [4.69, 9.17) is 5.73 Å². The van der Waals surface area contributed by atoms with Crippen LogP contribution in [-0.4, -0.2) is 23.9 Å². The van der Waals surface area contributed by atoms with Crippen molar-refractivity contribution < 1.29 is 13.6 Å². The second-order valence-electron chi connectivity index (χ2n) is 5.56. The Balaban J connectivity index is 2.11. The minimum Gasteiger partial charge on any atom is -0.343 e. The number of carbonyl (C=O) groups is 1. The van der Waals surface area contributed by atoms with Crippen LogP contribution in [-0.2, 0) is 4.79 Å². The molecule has 1 aliphatic carbocycles. The first-order valence-corrected chi connectivity index (χ1v) is 7.48. The van der Waals surface area contributed by atoms with Gasteiger partial charge in [-0.15, -0.1) is 0 Å². The predicted octanol–water partition coefficient (Wildman–Crippen LogP) is 2.86. The third-order valence-corrected chi connectivity index (χ3v) is 4.51. The van der Waals surface area contributed by atoms with Crippen molar-refractivity contribution in [2.75, 3.05) is 13.1 Å². The lowest BCUT2D eigenvalue weighted by Crippen LogP contribution is -2.46. The highest BCUT2D eigenvalue weighted by Crippen LogP contribution is 2.43. The number of carbonyl (C=O) groups excluding carboxylic acids is 1. The summed E-state index contributed by atoms with van der Waals surface area (Å²) < 4.78 is 26.3. The van der Waals surface area contributed by atoms with Gasteiger partial charge in [0.15, 0.2) is 11.6 Å². The van der Waals surface area contributed by atoms with Crippen LogP contribution in [0.15, 0.2) is 18.2 Å². The fourth-order valence-electron chi connectivity index (χ4n) is 3.00. The topological polar surface area (TPSA) is 46.3 Å². The first-order chi connectivity index (χ1) is 9.99. The van der Waals surface area contributed by atoms with E-state index >= 15 is 0 Å². The largest absolute Gasteiger partial charge is 0.343 e. The summed E-state index contributed by atoms with van der Waals surface area (Å²) in [7, 11) is 0. The number of rotatable bonds is 5. The number of amides is 1. The molecule has 1 aromatic rings. The van der Waals surface area contributed by atoms with Crippen molar-refractivity contribution in [3.63, 3.8) is 0 Å². The zero-order valence-corrected chi connectivity index (χ0v) is 12.5. The van der Waals surface area contributed by atoms with Gasteiger partial charge < -0.3 is 10.6 Å². The highest BCUT2D eigenvalue weighted by molar-refractivity contribution is 5.80. The smallest absolute Gasteiger partial charge is 0.226 e. The minimum atomic E-state index is -0.895. The first kappa shape index (κ1) is 15.9. The maximum absolute atomic E-state index is 13.3. The standard InChI is InChI=1S/C16H22F2N2O/c1-3-20(4-2)16(21)12-7-6-11(12)15(19)10-5-8-13(17)14(18)9-10/h5,8-9,11-12,15H,3-4,6-7,19H2,1-2H3/t11-,12+,15?/m0/s1. The SMILES string of the molecule is CCN(CC)C(=O)[C@@H]1CC[C@@H]1C(N)c1ccc(F)c(F)c1. The fourth-order valence-corrected chi connectivity index (χ4v) is 3.00. The van der Waals surface area contributed by atoms with E-state index in [0.717, 1.165) is 25.0 Å². The molecule has 1 amide bonds. The van der Waals surface area contributed by atoms with Gasteiger partial charge in [0.1, 0.15) is 0 Å². The average Bonchev–Trinajstić information content (AvgIpc) is 2.42. The summed E-state index contributed by atoms with van der Waals surface area (Å²) in [6.45, 7) is 5.26. The summed E-state index contributed by atoms with van der Waals surface area (Å²) in [5.74, 6) is -1.76. The molecule has 1 unspecified atom stereocenters. The van der Waals surface area contributed by atoms with Gasteiger partial charge in [-0.3, -0.25) is 4.79 Å². The van der Waals surface area contributed by atoms with Crippen molar-refractivity contribution in [3.8, 4) is 0 Å². The molecule has 2 rings (SSSR count). The molecule has 116 valence electrons. The number of halogens is 2. The van der Waals surface area contributed by atoms with E-state index in [0.29, 0.717) is 18.7 Å². The van der Waals surface area contributed by atoms with Crippen LogP contribution in [0.4, 0.5) is 8.78 Å². The zero-order chi connectivity index (χ0) is 15.6. The maximum atomic E-state index is 13.3. The molecule has 5 heteroatoms. The predicted molar refractivity (Wildman–Crippen MR) is 77.4 cm³/mol. The fraction of sp³-hybridized carbons (Fsp3) is 0.562. The summed E-state index contributed by atoms with van der Waals surface area (Å²) >= 11 is 0. The molecule has 1 aliphatic rings. The van der Waals surface area contributed by atoms with Gasteiger partial charge in [0, 0.05) is 25.0 Å². The van der Waals surface area contributed by atoms with Gasteiger partial charge in [0.05, 0.1) is 0 Å². The third kappa shape index (κ3) is 3.07. The zero-order valence-electron chi connectivity index (χ0n) is 12.5. The van der Waals surface area contributed by atoms with Gasteiger partial charge in [-0.1, -0.05) is 6.07 Å². The maximum Gasteiger partial charge on any atom is 0.226 e. The third-order valence-electron chi connectivity index (χ3n) is 4.51. The van der Waals surface area contributed by atoms with E-state index in [2.05, 4.69) is 0 Å². The quantitative estimate of drug-likeness (QED) is 0.908. The molecule has 0 saturated heterocycles. The molecule has 21 heavy (non-hydrogen) atoms. The Bertz CT molecular complexity index is 517. The van der Waals surface area contributed by atoms with Crippen LogP contribution in [0.2, 0.25) is 0 Å². The van der Waals surface area contributed by atoms with Crippen molar-refractivity contribution in [1.29, 1.82) is 0 Å². The van der Waals surface area contributed by atoms with Crippen LogP contribution in [0, 0.1) is 23.5 Å². The summed E-state index contributed by atoms with van der Waals surface area (Å²) in [5, 5.41) is 0. The molecular weight excluding hydrogens is 274 g/mol. The molecule has 1 aromatic carbocycles. The van der Waals surface area contributed by atoms with Crippen LogP contribution < -0.4 is 5.73 Å². The van der Waals surface area contributed by atoms with Crippen LogP contribution in [0.3, 0.4) is 0 Å². The highest BCUT2D eigenvalue weighted by atomic mass is 19.2. The van der Waals surface area contributed by atoms with E-state index < -0.39 is 17.7 Å². The van der Waals surface area contributed by atoms with Crippen molar-refractivity contribution >= 4 is 5.91 Å². The van der Waals surface area contributed by atoms with Gasteiger partial charge in [-0.25, -0.2) is 8.78 Å². The number of nitrogens with zero attached hydrogens (tertiary/aromatic N) is 1. The molecule has 3 nitrogen and oxygen atoms in total. The van der Waals surface area contributed by atoms with E-state index in [-0.39, 0.29) is 17.7 Å². The summed E-state index contributed by atoms with van der Waals surface area (Å²) in [4.78, 5) is 14.2. The van der Waals surface area contributed by atoms with Gasteiger partial charge in [0.2, 0.25) is 5.91 Å². The number of benzene rings is 1. The number of nitrogens with two attached hydrogens (primary N) is 1. The van der Waals surface area contributed by atoms with Gasteiger partial charge in [-0.05, 0) is 50.3 Å². The Kier molecular flexibility index (Phi) is 4.93. The summed E-state index contributed by atoms with van der Waals surface area (Å²) in [6.07, 6.45) is 1.66. The lowest BCUT2D eigenvalue weighted by Gasteiger charge is -2.41. The molecule has 0 aliphatic heterocycles. The second-order valence-corrected chi connectivity index (χ2v) is 5.56. The molecule has 3 atom stereocenters. The summed E-state index contributed by atoms with van der Waals surface area (Å²) in [5.41, 5.74) is 6.72. The highest BCUT2D eigenvalue weighted by Gasteiger charge is 2.41. The Labute approximate surface area is 124 Å². The molecule has 0 heterocycles. The van der Waals surface area contributed by atoms with Crippen LogP contribution in [0.5, 0.6) is 0 Å². The van der Waals surface area contributed by atoms with Crippen LogP contribution in [0.1, 0.15) is 38.3 Å². The van der Waals surface area contributed by atoms with Crippen LogP contribution in [0.25, 0.3) is 0 Å². The van der Waals surface area contributed by atoms with Gasteiger partial charge in [-0.2, -0.15) is 0 Å². The Morgan fingerprint density at radius 1 is 1.29 bits per heavy atom. The van der Waals surface area contributed by atoms with Crippen LogP contribution >= 0.6 is 0 Å². The lowest BCUT2D eigenvalue weighted by molar-refractivity contribution is -0.141. The number of hydrogen-bond donors (Lipinski definition) is 1. The van der Waals surface area contributed by atoms with Gasteiger partial charge >= 0.3 is 0 Å².